The first-order valence-electron chi connectivity index (χ1n) is 8.53. The fraction of sp³-hybridized carbons (Fsp3) is 0.200. The third-order valence-corrected chi connectivity index (χ3v) is 3.96. The van der Waals surface area contributed by atoms with E-state index in [1.54, 1.807) is 6.07 Å². The number of benzene rings is 2. The van der Waals surface area contributed by atoms with E-state index in [4.69, 9.17) is 10.00 Å². The molecule has 3 rings (SSSR count). The van der Waals surface area contributed by atoms with Crippen LogP contribution in [0.3, 0.4) is 0 Å². The van der Waals surface area contributed by atoms with Crippen molar-refractivity contribution in [2.45, 2.75) is 19.2 Å². The molecule has 2 aromatic rings. The summed E-state index contributed by atoms with van der Waals surface area (Å²) in [4.78, 5) is 12.1. The van der Waals surface area contributed by atoms with Gasteiger partial charge in [0.25, 0.3) is 5.91 Å². The van der Waals surface area contributed by atoms with Crippen LogP contribution in [0.4, 0.5) is 18.9 Å². The molecule has 1 aliphatic carbocycles. The second kappa shape index (κ2) is 8.14. The Morgan fingerprint density at radius 3 is 2.03 bits per heavy atom. The van der Waals surface area contributed by atoms with Crippen LogP contribution in [0.2, 0.25) is 0 Å². The molecule has 2 aromatic carbocycles. The maximum Gasteiger partial charge on any atom is 0.573 e. The Balaban J connectivity index is 1.61. The number of nitrogens with zero attached hydrogens (tertiary/aromatic N) is 1. The van der Waals surface area contributed by atoms with Gasteiger partial charge < -0.3 is 19.9 Å². The summed E-state index contributed by atoms with van der Waals surface area (Å²) in [6.45, 7) is 0. The van der Waals surface area contributed by atoms with E-state index in [1.807, 2.05) is 0 Å². The number of allylic oxidation sites excluding steroid dienone is 1. The number of hydrogen-bond acceptors (Lipinski definition) is 5. The quantitative estimate of drug-likeness (QED) is 0.399. The van der Waals surface area contributed by atoms with Crippen LogP contribution >= 0.6 is 0 Å². The third kappa shape index (κ3) is 5.65. The fourth-order valence-electron chi connectivity index (χ4n) is 2.43. The first-order chi connectivity index (χ1) is 13.7. The Morgan fingerprint density at radius 2 is 1.55 bits per heavy atom. The molecular formula is C20H15F3N2O4. The maximum atomic E-state index is 12.2. The number of alkyl halides is 3. The molecule has 1 amide bonds. The van der Waals surface area contributed by atoms with E-state index in [1.165, 1.54) is 36.4 Å². The van der Waals surface area contributed by atoms with Gasteiger partial charge in [0.2, 0.25) is 0 Å². The number of hydrogen-bond donors (Lipinski definition) is 2. The number of halogens is 3. The highest BCUT2D eigenvalue weighted by Crippen LogP contribution is 2.36. The Kier molecular flexibility index (Phi) is 5.64. The summed E-state index contributed by atoms with van der Waals surface area (Å²) in [6, 6.07) is 12.7. The number of carbonyl (C=O) groups is 1. The predicted octanol–water partition coefficient (Wildman–Crippen LogP) is 5.06. The highest BCUT2D eigenvalue weighted by Gasteiger charge is 2.31. The summed E-state index contributed by atoms with van der Waals surface area (Å²) in [6.07, 6.45) is -3.27. The van der Waals surface area contributed by atoms with Crippen LogP contribution in [0, 0.1) is 17.2 Å². The van der Waals surface area contributed by atoms with Crippen LogP contribution in [0.15, 0.2) is 59.9 Å². The lowest BCUT2D eigenvalue weighted by atomic mass is 10.1. The zero-order chi connectivity index (χ0) is 21.0. The van der Waals surface area contributed by atoms with Crippen molar-refractivity contribution in [2.75, 3.05) is 5.32 Å². The van der Waals surface area contributed by atoms with Gasteiger partial charge >= 0.3 is 6.36 Å². The molecular weight excluding hydrogens is 389 g/mol. The van der Waals surface area contributed by atoms with E-state index in [2.05, 4.69) is 10.1 Å². The molecule has 0 unspecified atom stereocenters. The van der Waals surface area contributed by atoms with Crippen LogP contribution in [0.5, 0.6) is 17.2 Å². The first kappa shape index (κ1) is 20.1. The molecule has 9 heteroatoms. The number of aliphatic hydroxyl groups is 1. The highest BCUT2D eigenvalue weighted by atomic mass is 19.4. The number of ether oxygens (including phenoxy) is 2. The molecule has 0 saturated heterocycles. The number of amides is 1. The Labute approximate surface area is 163 Å². The van der Waals surface area contributed by atoms with Gasteiger partial charge in [0.05, 0.1) is 0 Å². The van der Waals surface area contributed by atoms with Gasteiger partial charge in [-0.05, 0) is 61.4 Å². The number of rotatable bonds is 6. The van der Waals surface area contributed by atoms with Crippen LogP contribution in [0.25, 0.3) is 0 Å². The van der Waals surface area contributed by atoms with Gasteiger partial charge in [0, 0.05) is 11.6 Å². The van der Waals surface area contributed by atoms with Gasteiger partial charge in [-0.1, -0.05) is 0 Å². The van der Waals surface area contributed by atoms with Crippen molar-refractivity contribution in [3.8, 4) is 23.3 Å². The van der Waals surface area contributed by atoms with Crippen LogP contribution in [0.1, 0.15) is 12.8 Å². The largest absolute Gasteiger partial charge is 0.573 e. The molecule has 0 atom stereocenters. The van der Waals surface area contributed by atoms with Gasteiger partial charge in [0.15, 0.2) is 5.57 Å². The summed E-state index contributed by atoms with van der Waals surface area (Å²) in [5.74, 6) is -0.712. The van der Waals surface area contributed by atoms with E-state index in [9.17, 15) is 23.1 Å². The number of anilines is 1. The molecule has 0 radical (unpaired) electrons. The summed E-state index contributed by atoms with van der Waals surface area (Å²) in [7, 11) is 0. The predicted molar refractivity (Wildman–Crippen MR) is 96.3 cm³/mol. The molecule has 1 fully saturated rings. The maximum absolute atomic E-state index is 12.2. The van der Waals surface area contributed by atoms with Crippen molar-refractivity contribution < 1.29 is 32.5 Å². The van der Waals surface area contributed by atoms with E-state index in [0.717, 1.165) is 25.0 Å². The molecule has 0 aliphatic heterocycles. The Morgan fingerprint density at radius 1 is 1.03 bits per heavy atom. The van der Waals surface area contributed by atoms with E-state index in [0.29, 0.717) is 17.2 Å². The molecule has 1 saturated carbocycles. The average molecular weight is 404 g/mol. The summed E-state index contributed by atoms with van der Waals surface area (Å²) < 4.78 is 45.8. The van der Waals surface area contributed by atoms with Crippen LogP contribution < -0.4 is 14.8 Å². The molecule has 2 N–H and O–H groups in total. The van der Waals surface area contributed by atoms with Gasteiger partial charge in [-0.15, -0.1) is 13.2 Å². The minimum Gasteiger partial charge on any atom is -0.510 e. The zero-order valence-corrected chi connectivity index (χ0v) is 14.9. The third-order valence-electron chi connectivity index (χ3n) is 3.96. The van der Waals surface area contributed by atoms with E-state index >= 15 is 0 Å². The monoisotopic (exact) mass is 404 g/mol. The summed E-state index contributed by atoms with van der Waals surface area (Å²) >= 11 is 0. The van der Waals surface area contributed by atoms with E-state index < -0.39 is 12.3 Å². The number of nitrogens with one attached hydrogen (secondary N) is 1. The van der Waals surface area contributed by atoms with E-state index in [-0.39, 0.29) is 23.0 Å². The molecule has 1 aliphatic rings. The molecule has 6 nitrogen and oxygen atoms in total. The zero-order valence-electron chi connectivity index (χ0n) is 14.9. The van der Waals surface area contributed by atoms with Crippen molar-refractivity contribution in [1.82, 2.24) is 0 Å². The molecule has 0 spiro atoms. The standard InChI is InChI=1S/C20H15F3N2O4/c21-20(22,23)29-16-9-7-15(8-10-16)28-14-5-3-13(4-6-14)25-19(27)17(11-24)18(26)12-1-2-12/h3-10,12,26H,1-2H2,(H,25,27). The molecule has 0 bridgehead atoms. The molecule has 150 valence electrons. The lowest BCUT2D eigenvalue weighted by Gasteiger charge is -2.10. The lowest BCUT2D eigenvalue weighted by molar-refractivity contribution is -0.274. The summed E-state index contributed by atoms with van der Waals surface area (Å²) in [5, 5.41) is 21.5. The Bertz CT molecular complexity index is 957. The van der Waals surface area contributed by atoms with Gasteiger partial charge in [0.1, 0.15) is 29.1 Å². The molecule has 0 aromatic heterocycles. The van der Waals surface area contributed by atoms with Crippen molar-refractivity contribution in [3.63, 3.8) is 0 Å². The lowest BCUT2D eigenvalue weighted by Crippen LogP contribution is -2.16. The topological polar surface area (TPSA) is 91.6 Å². The minimum atomic E-state index is -4.77. The SMILES string of the molecule is N#CC(C(=O)Nc1ccc(Oc2ccc(OC(F)(F)F)cc2)cc1)=C(O)C1CC1. The first-order valence-corrected chi connectivity index (χ1v) is 8.53. The second-order valence-electron chi connectivity index (χ2n) is 6.25. The van der Waals surface area contributed by atoms with Crippen molar-refractivity contribution in [2.24, 2.45) is 5.92 Å². The normalized spacial score (nSPS) is 14.4. The number of nitriles is 1. The van der Waals surface area contributed by atoms with Gasteiger partial charge in [-0.2, -0.15) is 5.26 Å². The summed E-state index contributed by atoms with van der Waals surface area (Å²) in [5.41, 5.74) is 0.0709. The minimum absolute atomic E-state index is 0.126. The molecule has 0 heterocycles. The highest BCUT2D eigenvalue weighted by molar-refractivity contribution is 6.07. The van der Waals surface area contributed by atoms with Gasteiger partial charge in [-0.3, -0.25) is 4.79 Å². The fourth-order valence-corrected chi connectivity index (χ4v) is 2.43. The van der Waals surface area contributed by atoms with Crippen molar-refractivity contribution in [1.29, 1.82) is 5.26 Å². The number of aliphatic hydroxyl groups excluding tert-OH is 1. The Hall–Kier alpha value is -3.67. The van der Waals surface area contributed by atoms with Crippen LogP contribution in [-0.4, -0.2) is 17.4 Å². The average Bonchev–Trinajstić information content (AvgIpc) is 3.49. The molecule has 29 heavy (non-hydrogen) atoms. The smallest absolute Gasteiger partial charge is 0.510 e. The number of carbonyl (C=O) groups excluding carboxylic acids is 1. The second-order valence-corrected chi connectivity index (χ2v) is 6.25. The van der Waals surface area contributed by atoms with Crippen molar-refractivity contribution in [3.05, 3.63) is 59.9 Å². The van der Waals surface area contributed by atoms with Gasteiger partial charge in [-0.25, -0.2) is 0 Å². The van der Waals surface area contributed by atoms with Crippen molar-refractivity contribution >= 4 is 11.6 Å². The van der Waals surface area contributed by atoms with Crippen LogP contribution in [-0.2, 0) is 4.79 Å².